The Morgan fingerprint density at radius 2 is 1.57 bits per heavy atom. The highest BCUT2D eigenvalue weighted by atomic mass is 35.5. The molecule has 0 bridgehead atoms. The molecule has 0 aliphatic heterocycles. The summed E-state index contributed by atoms with van der Waals surface area (Å²) in [6.07, 6.45) is 9.06. The van der Waals surface area contributed by atoms with Gasteiger partial charge in [-0.05, 0) is 68.4 Å². The third-order valence-corrected chi connectivity index (χ3v) is 7.16. The summed E-state index contributed by atoms with van der Waals surface area (Å²) in [4.78, 5) is 0. The van der Waals surface area contributed by atoms with E-state index in [1.807, 2.05) is 13.0 Å². The van der Waals surface area contributed by atoms with Crippen molar-refractivity contribution in [1.82, 2.24) is 10.4 Å². The summed E-state index contributed by atoms with van der Waals surface area (Å²) in [5.41, 5.74) is 8.70. The SMILES string of the molecule is CCCCCCN(NCCc1cc(OC)c(C)c(OC)c1)C1CCc2c(ccc(OC)c2OC)C1.Cl.Cl. The largest absolute Gasteiger partial charge is 0.496 e. The third kappa shape index (κ3) is 8.57. The molecule has 0 spiro atoms. The van der Waals surface area contributed by atoms with Crippen LogP contribution in [0.4, 0.5) is 0 Å². The van der Waals surface area contributed by atoms with Gasteiger partial charge in [0.25, 0.3) is 0 Å². The fraction of sp³-hybridized carbons (Fsp3) is 0.586. The van der Waals surface area contributed by atoms with Crippen LogP contribution >= 0.6 is 24.8 Å². The number of halogens is 2. The van der Waals surface area contributed by atoms with Crippen LogP contribution in [0.3, 0.4) is 0 Å². The number of unbranched alkanes of at least 4 members (excludes halogenated alkanes) is 3. The number of rotatable bonds is 14. The summed E-state index contributed by atoms with van der Waals surface area (Å²) in [5, 5.41) is 2.50. The zero-order chi connectivity index (χ0) is 25.2. The van der Waals surface area contributed by atoms with E-state index >= 15 is 0 Å². The lowest BCUT2D eigenvalue weighted by Crippen LogP contribution is -2.49. The van der Waals surface area contributed by atoms with Gasteiger partial charge in [0.15, 0.2) is 11.5 Å². The maximum absolute atomic E-state index is 5.71. The van der Waals surface area contributed by atoms with Crippen molar-refractivity contribution in [3.05, 3.63) is 46.5 Å². The average Bonchev–Trinajstić information content (AvgIpc) is 2.89. The molecule has 0 aromatic heterocycles. The van der Waals surface area contributed by atoms with Crippen LogP contribution < -0.4 is 24.4 Å². The van der Waals surface area contributed by atoms with Crippen LogP contribution in [0.2, 0.25) is 0 Å². The van der Waals surface area contributed by atoms with Crippen LogP contribution in [-0.4, -0.2) is 52.6 Å². The Morgan fingerprint density at radius 1 is 0.892 bits per heavy atom. The van der Waals surface area contributed by atoms with E-state index in [1.54, 1.807) is 28.4 Å². The van der Waals surface area contributed by atoms with Crippen LogP contribution in [0.25, 0.3) is 0 Å². The first kappa shape index (κ1) is 33.2. The zero-order valence-electron chi connectivity index (χ0n) is 23.4. The quantitative estimate of drug-likeness (QED) is 0.216. The van der Waals surface area contributed by atoms with E-state index in [4.69, 9.17) is 18.9 Å². The molecular formula is C29H46Cl2N2O4. The van der Waals surface area contributed by atoms with Gasteiger partial charge in [0.1, 0.15) is 11.5 Å². The molecule has 37 heavy (non-hydrogen) atoms. The second-order valence-corrected chi connectivity index (χ2v) is 9.37. The van der Waals surface area contributed by atoms with E-state index in [-0.39, 0.29) is 24.8 Å². The highest BCUT2D eigenvalue weighted by Gasteiger charge is 2.27. The molecule has 2 aromatic rings. The van der Waals surface area contributed by atoms with E-state index in [0.29, 0.717) is 6.04 Å². The Bertz CT molecular complexity index is 933. The first-order valence-corrected chi connectivity index (χ1v) is 13.0. The summed E-state index contributed by atoms with van der Waals surface area (Å²) < 4.78 is 22.4. The molecule has 1 N–H and O–H groups in total. The van der Waals surface area contributed by atoms with Gasteiger partial charge in [0.2, 0.25) is 0 Å². The standard InChI is InChI=1S/C29H44N2O4.2ClH/c1-7-8-9-10-17-31(30-16-15-22-18-27(33-4)21(2)28(19-22)34-5)24-12-13-25-23(20-24)11-14-26(32-3)29(25)35-6;;/h11,14,18-19,24,30H,7-10,12-13,15-17,20H2,1-6H3;2*1H. The molecular weight excluding hydrogens is 511 g/mol. The number of fused-ring (bicyclic) bond motifs is 1. The minimum atomic E-state index is 0. The molecule has 0 saturated carbocycles. The first-order chi connectivity index (χ1) is 17.1. The van der Waals surface area contributed by atoms with E-state index < -0.39 is 0 Å². The normalized spacial score (nSPS) is 14.3. The number of benzene rings is 2. The maximum atomic E-state index is 5.71. The van der Waals surface area contributed by atoms with Crippen LogP contribution in [0.1, 0.15) is 61.3 Å². The second kappa shape index (κ2) is 16.9. The Hall–Kier alpha value is -1.86. The monoisotopic (exact) mass is 556 g/mol. The number of nitrogens with one attached hydrogen (secondary N) is 1. The fourth-order valence-corrected chi connectivity index (χ4v) is 5.16. The Labute approximate surface area is 236 Å². The van der Waals surface area contributed by atoms with Gasteiger partial charge >= 0.3 is 0 Å². The molecule has 6 nitrogen and oxygen atoms in total. The van der Waals surface area contributed by atoms with E-state index in [1.165, 1.54) is 42.4 Å². The summed E-state index contributed by atoms with van der Waals surface area (Å²) in [6, 6.07) is 8.97. The van der Waals surface area contributed by atoms with Crippen molar-refractivity contribution in [3.8, 4) is 23.0 Å². The van der Waals surface area contributed by atoms with Gasteiger partial charge in [-0.1, -0.05) is 32.3 Å². The van der Waals surface area contributed by atoms with Crippen molar-refractivity contribution in [1.29, 1.82) is 0 Å². The zero-order valence-corrected chi connectivity index (χ0v) is 25.0. The number of hydrogen-bond donors (Lipinski definition) is 1. The Morgan fingerprint density at radius 3 is 2.16 bits per heavy atom. The number of ether oxygens (including phenoxy) is 4. The van der Waals surface area contributed by atoms with Crippen molar-refractivity contribution < 1.29 is 18.9 Å². The van der Waals surface area contributed by atoms with Gasteiger partial charge in [0, 0.05) is 30.3 Å². The predicted molar refractivity (Wildman–Crippen MR) is 157 cm³/mol. The van der Waals surface area contributed by atoms with E-state index in [2.05, 4.69) is 35.6 Å². The minimum Gasteiger partial charge on any atom is -0.496 e. The summed E-state index contributed by atoms with van der Waals surface area (Å²) in [5.74, 6) is 3.48. The summed E-state index contributed by atoms with van der Waals surface area (Å²) in [7, 11) is 6.87. The molecule has 0 radical (unpaired) electrons. The van der Waals surface area contributed by atoms with Crippen LogP contribution in [-0.2, 0) is 19.3 Å². The molecule has 3 rings (SSSR count). The van der Waals surface area contributed by atoms with Crippen molar-refractivity contribution in [2.75, 3.05) is 41.5 Å². The Kier molecular flexibility index (Phi) is 15.1. The number of nitrogens with zero attached hydrogens (tertiary/aromatic N) is 1. The molecule has 0 amide bonds. The number of methoxy groups -OCH3 is 4. The molecule has 8 heteroatoms. The van der Waals surface area contributed by atoms with Gasteiger partial charge < -0.3 is 18.9 Å². The maximum Gasteiger partial charge on any atom is 0.164 e. The lowest BCUT2D eigenvalue weighted by Gasteiger charge is -2.36. The van der Waals surface area contributed by atoms with Gasteiger partial charge in [-0.15, -0.1) is 24.8 Å². The van der Waals surface area contributed by atoms with Gasteiger partial charge in [-0.2, -0.15) is 0 Å². The van der Waals surface area contributed by atoms with Crippen molar-refractivity contribution >= 4 is 24.8 Å². The van der Waals surface area contributed by atoms with Gasteiger partial charge in [0.05, 0.1) is 28.4 Å². The van der Waals surface area contributed by atoms with Crippen LogP contribution in [0, 0.1) is 6.92 Å². The first-order valence-electron chi connectivity index (χ1n) is 13.0. The third-order valence-electron chi connectivity index (χ3n) is 7.16. The molecule has 210 valence electrons. The summed E-state index contributed by atoms with van der Waals surface area (Å²) >= 11 is 0. The molecule has 0 fully saturated rings. The molecule has 1 aliphatic rings. The number of hydrogen-bond acceptors (Lipinski definition) is 6. The van der Waals surface area contributed by atoms with Crippen molar-refractivity contribution in [3.63, 3.8) is 0 Å². The highest BCUT2D eigenvalue weighted by Crippen LogP contribution is 2.38. The van der Waals surface area contributed by atoms with Gasteiger partial charge in [-0.3, -0.25) is 5.43 Å². The molecule has 0 saturated heterocycles. The molecule has 1 aliphatic carbocycles. The average molecular weight is 558 g/mol. The van der Waals surface area contributed by atoms with E-state index in [9.17, 15) is 0 Å². The highest BCUT2D eigenvalue weighted by molar-refractivity contribution is 5.85. The lowest BCUT2D eigenvalue weighted by molar-refractivity contribution is 0.109. The van der Waals surface area contributed by atoms with Crippen LogP contribution in [0.15, 0.2) is 24.3 Å². The van der Waals surface area contributed by atoms with E-state index in [0.717, 1.165) is 67.3 Å². The van der Waals surface area contributed by atoms with Crippen molar-refractivity contribution in [2.24, 2.45) is 0 Å². The summed E-state index contributed by atoms with van der Waals surface area (Å²) in [6.45, 7) is 6.23. The minimum absolute atomic E-state index is 0. The Balaban J connectivity index is 0.00000342. The second-order valence-electron chi connectivity index (χ2n) is 9.37. The molecule has 1 unspecified atom stereocenters. The topological polar surface area (TPSA) is 52.2 Å². The lowest BCUT2D eigenvalue weighted by atomic mass is 9.87. The van der Waals surface area contributed by atoms with Crippen molar-refractivity contribution in [2.45, 2.75) is 71.3 Å². The van der Waals surface area contributed by atoms with Gasteiger partial charge in [-0.25, -0.2) is 5.01 Å². The molecule has 1 atom stereocenters. The number of hydrazine groups is 1. The molecule has 0 heterocycles. The van der Waals surface area contributed by atoms with Crippen LogP contribution in [0.5, 0.6) is 23.0 Å². The molecule has 2 aromatic carbocycles. The fourth-order valence-electron chi connectivity index (χ4n) is 5.16. The smallest absolute Gasteiger partial charge is 0.164 e. The predicted octanol–water partition coefficient (Wildman–Crippen LogP) is 6.36.